The Labute approximate surface area is 132 Å². The van der Waals surface area contributed by atoms with Crippen molar-refractivity contribution in [1.82, 2.24) is 9.38 Å². The van der Waals surface area contributed by atoms with Crippen LogP contribution in [0.25, 0.3) is 16.8 Å². The first kappa shape index (κ1) is 15.2. The standard InChI is InChI=1S/C18H17FN2O2/c1-2-3-4-13-11-20-17-16(22)15(9-10-21(17)18(13)23)12-5-7-14(19)8-6-12/h5-11,22H,2-4H2,1H3. The third kappa shape index (κ3) is 2.82. The van der Waals surface area contributed by atoms with Crippen molar-refractivity contribution >= 4 is 5.65 Å². The van der Waals surface area contributed by atoms with Crippen molar-refractivity contribution in [2.75, 3.05) is 0 Å². The zero-order chi connectivity index (χ0) is 16.4. The van der Waals surface area contributed by atoms with Gasteiger partial charge in [0.2, 0.25) is 0 Å². The van der Waals surface area contributed by atoms with E-state index in [4.69, 9.17) is 0 Å². The Bertz CT molecular complexity index is 901. The van der Waals surface area contributed by atoms with E-state index in [9.17, 15) is 14.3 Å². The summed E-state index contributed by atoms with van der Waals surface area (Å²) in [6, 6.07) is 7.45. The van der Waals surface area contributed by atoms with Gasteiger partial charge in [0.25, 0.3) is 5.56 Å². The van der Waals surface area contributed by atoms with E-state index < -0.39 is 0 Å². The summed E-state index contributed by atoms with van der Waals surface area (Å²) < 4.78 is 14.4. The molecule has 0 fully saturated rings. The summed E-state index contributed by atoms with van der Waals surface area (Å²) in [5, 5.41) is 10.4. The maximum absolute atomic E-state index is 13.0. The highest BCUT2D eigenvalue weighted by atomic mass is 19.1. The summed E-state index contributed by atoms with van der Waals surface area (Å²) in [6.45, 7) is 2.06. The van der Waals surface area contributed by atoms with Crippen molar-refractivity contribution in [3.05, 3.63) is 64.5 Å². The van der Waals surface area contributed by atoms with Gasteiger partial charge >= 0.3 is 0 Å². The van der Waals surface area contributed by atoms with Crippen molar-refractivity contribution in [3.63, 3.8) is 0 Å². The number of rotatable bonds is 4. The maximum Gasteiger partial charge on any atom is 0.261 e. The van der Waals surface area contributed by atoms with Crippen LogP contribution in [0.1, 0.15) is 25.3 Å². The Morgan fingerprint density at radius 3 is 2.65 bits per heavy atom. The fourth-order valence-corrected chi connectivity index (χ4v) is 2.57. The zero-order valence-corrected chi connectivity index (χ0v) is 12.8. The zero-order valence-electron chi connectivity index (χ0n) is 12.8. The molecule has 3 aromatic rings. The molecule has 0 saturated heterocycles. The van der Waals surface area contributed by atoms with Crippen LogP contribution >= 0.6 is 0 Å². The van der Waals surface area contributed by atoms with Gasteiger partial charge in [-0.05, 0) is 36.6 Å². The topological polar surface area (TPSA) is 54.6 Å². The first-order chi connectivity index (χ1) is 11.1. The van der Waals surface area contributed by atoms with E-state index in [1.807, 2.05) is 0 Å². The normalized spacial score (nSPS) is 11.0. The maximum atomic E-state index is 13.0. The molecule has 0 amide bonds. The Balaban J connectivity index is 2.13. The molecule has 0 radical (unpaired) electrons. The highest BCUT2D eigenvalue weighted by Crippen LogP contribution is 2.31. The van der Waals surface area contributed by atoms with E-state index in [2.05, 4.69) is 11.9 Å². The van der Waals surface area contributed by atoms with E-state index in [0.29, 0.717) is 23.1 Å². The van der Waals surface area contributed by atoms with Gasteiger partial charge in [-0.25, -0.2) is 9.37 Å². The van der Waals surface area contributed by atoms with Crippen LogP contribution in [0.5, 0.6) is 5.75 Å². The number of pyridine rings is 1. The first-order valence-corrected chi connectivity index (χ1v) is 7.60. The predicted molar refractivity (Wildman–Crippen MR) is 87.1 cm³/mol. The summed E-state index contributed by atoms with van der Waals surface area (Å²) in [5.74, 6) is -0.429. The number of hydrogen-bond donors (Lipinski definition) is 1. The predicted octanol–water partition coefficient (Wildman–Crippen LogP) is 3.55. The second-order valence-electron chi connectivity index (χ2n) is 5.47. The van der Waals surface area contributed by atoms with Gasteiger partial charge in [0, 0.05) is 23.5 Å². The number of aromatic hydroxyl groups is 1. The molecule has 0 bridgehead atoms. The van der Waals surface area contributed by atoms with Crippen molar-refractivity contribution in [3.8, 4) is 16.9 Å². The molecule has 1 aromatic carbocycles. The summed E-state index contributed by atoms with van der Waals surface area (Å²) >= 11 is 0. The van der Waals surface area contributed by atoms with Crippen molar-refractivity contribution in [2.24, 2.45) is 0 Å². The third-order valence-electron chi connectivity index (χ3n) is 3.88. The van der Waals surface area contributed by atoms with Crippen LogP contribution in [0.15, 0.2) is 47.5 Å². The van der Waals surface area contributed by atoms with Crippen molar-refractivity contribution < 1.29 is 9.50 Å². The van der Waals surface area contributed by atoms with Gasteiger partial charge in [0.15, 0.2) is 11.4 Å². The van der Waals surface area contributed by atoms with Crippen molar-refractivity contribution in [1.29, 1.82) is 0 Å². The van der Waals surface area contributed by atoms with Gasteiger partial charge < -0.3 is 5.11 Å². The number of benzene rings is 1. The number of unbranched alkanes of at least 4 members (excludes halogenated alkanes) is 1. The second-order valence-corrected chi connectivity index (χ2v) is 5.47. The molecule has 0 atom stereocenters. The molecule has 5 heteroatoms. The molecular weight excluding hydrogens is 295 g/mol. The number of hydrogen-bond acceptors (Lipinski definition) is 3. The minimum atomic E-state index is -0.344. The Morgan fingerprint density at radius 1 is 1.22 bits per heavy atom. The molecule has 23 heavy (non-hydrogen) atoms. The first-order valence-electron chi connectivity index (χ1n) is 7.60. The average Bonchev–Trinajstić information content (AvgIpc) is 2.56. The van der Waals surface area contributed by atoms with Gasteiger partial charge in [-0.15, -0.1) is 0 Å². The number of halogens is 1. The van der Waals surface area contributed by atoms with Crippen LogP contribution in [0.2, 0.25) is 0 Å². The van der Waals surface area contributed by atoms with Crippen molar-refractivity contribution in [2.45, 2.75) is 26.2 Å². The highest BCUT2D eigenvalue weighted by molar-refractivity contribution is 5.76. The fraction of sp³-hybridized carbons (Fsp3) is 0.222. The number of fused-ring (bicyclic) bond motifs is 1. The van der Waals surface area contributed by atoms with Crippen LogP contribution in [0.3, 0.4) is 0 Å². The van der Waals surface area contributed by atoms with E-state index >= 15 is 0 Å². The van der Waals surface area contributed by atoms with Crippen LogP contribution in [-0.2, 0) is 6.42 Å². The Hall–Kier alpha value is -2.69. The van der Waals surface area contributed by atoms with Gasteiger partial charge in [0.1, 0.15) is 5.82 Å². The monoisotopic (exact) mass is 312 g/mol. The van der Waals surface area contributed by atoms with E-state index in [1.54, 1.807) is 24.4 Å². The van der Waals surface area contributed by atoms with Crippen LogP contribution in [-0.4, -0.2) is 14.5 Å². The van der Waals surface area contributed by atoms with Crippen LogP contribution in [0, 0.1) is 5.82 Å². The lowest BCUT2D eigenvalue weighted by Crippen LogP contribution is -2.19. The van der Waals surface area contributed by atoms with E-state index in [-0.39, 0.29) is 22.8 Å². The second kappa shape index (κ2) is 6.20. The highest BCUT2D eigenvalue weighted by Gasteiger charge is 2.12. The third-order valence-corrected chi connectivity index (χ3v) is 3.88. The fourth-order valence-electron chi connectivity index (χ4n) is 2.57. The average molecular weight is 312 g/mol. The lowest BCUT2D eigenvalue weighted by atomic mass is 10.1. The Morgan fingerprint density at radius 2 is 1.96 bits per heavy atom. The van der Waals surface area contributed by atoms with Crippen LogP contribution < -0.4 is 5.56 Å². The number of nitrogens with zero attached hydrogens (tertiary/aromatic N) is 2. The number of aryl methyl sites for hydroxylation is 1. The molecule has 0 aliphatic heterocycles. The van der Waals surface area contributed by atoms with Gasteiger partial charge in [-0.3, -0.25) is 9.20 Å². The smallest absolute Gasteiger partial charge is 0.261 e. The molecular formula is C18H17FN2O2. The van der Waals surface area contributed by atoms with Crippen LogP contribution in [0.4, 0.5) is 4.39 Å². The minimum absolute atomic E-state index is 0.0850. The lowest BCUT2D eigenvalue weighted by Gasteiger charge is -2.09. The molecule has 0 aliphatic carbocycles. The molecule has 0 spiro atoms. The van der Waals surface area contributed by atoms with E-state index in [1.165, 1.54) is 22.7 Å². The SMILES string of the molecule is CCCCc1cnc2c(O)c(-c3ccc(F)cc3)ccn2c1=O. The molecule has 0 unspecified atom stereocenters. The van der Waals surface area contributed by atoms with Gasteiger partial charge in [0.05, 0.1) is 0 Å². The molecule has 1 N–H and O–H groups in total. The number of aromatic nitrogens is 2. The summed E-state index contributed by atoms with van der Waals surface area (Å²) in [4.78, 5) is 16.7. The summed E-state index contributed by atoms with van der Waals surface area (Å²) in [6.07, 6.45) is 5.71. The largest absolute Gasteiger partial charge is 0.504 e. The summed E-state index contributed by atoms with van der Waals surface area (Å²) in [7, 11) is 0. The van der Waals surface area contributed by atoms with E-state index in [0.717, 1.165) is 12.8 Å². The molecule has 0 aliphatic rings. The minimum Gasteiger partial charge on any atom is -0.504 e. The summed E-state index contributed by atoms with van der Waals surface area (Å²) in [5.41, 5.74) is 1.86. The molecule has 4 nitrogen and oxygen atoms in total. The Kier molecular flexibility index (Phi) is 4.10. The van der Waals surface area contributed by atoms with Gasteiger partial charge in [-0.2, -0.15) is 0 Å². The molecule has 2 heterocycles. The molecule has 3 rings (SSSR count). The molecule has 2 aromatic heterocycles. The lowest BCUT2D eigenvalue weighted by molar-refractivity contribution is 0.478. The molecule has 0 saturated carbocycles. The quantitative estimate of drug-likeness (QED) is 0.801. The van der Waals surface area contributed by atoms with Gasteiger partial charge in [-0.1, -0.05) is 25.5 Å². The molecule has 118 valence electrons.